The summed E-state index contributed by atoms with van der Waals surface area (Å²) in [7, 11) is 0. The van der Waals surface area contributed by atoms with Crippen LogP contribution in [0.4, 0.5) is 0 Å². The Kier molecular flexibility index (Phi) is 5.81. The summed E-state index contributed by atoms with van der Waals surface area (Å²) in [5.41, 5.74) is 12.1. The summed E-state index contributed by atoms with van der Waals surface area (Å²) in [6.45, 7) is 2.14. The van der Waals surface area contributed by atoms with E-state index in [2.05, 4.69) is 157 Å². The molecule has 0 radical (unpaired) electrons. The van der Waals surface area contributed by atoms with Crippen LogP contribution in [0.1, 0.15) is 5.56 Å². The molecule has 0 saturated heterocycles. The molecule has 1 nitrogen and oxygen atoms in total. The Balaban J connectivity index is 1.85. The molecular weight excluding hydrogens is 434 g/mol. The summed E-state index contributed by atoms with van der Waals surface area (Å²) in [5.74, 6) is 0. The third-order valence-corrected chi connectivity index (χ3v) is 6.68. The first kappa shape index (κ1) is 21.9. The highest BCUT2D eigenvalue weighted by molar-refractivity contribution is 6.03. The minimum atomic E-state index is 1.15. The van der Waals surface area contributed by atoms with Gasteiger partial charge in [-0.1, -0.05) is 139 Å². The third kappa shape index (κ3) is 3.95. The first-order valence-corrected chi connectivity index (χ1v) is 12.4. The topological polar surface area (TPSA) is 4.93 Å². The van der Waals surface area contributed by atoms with Gasteiger partial charge in [-0.15, -0.1) is 0 Å². The monoisotopic (exact) mass is 461 g/mol. The van der Waals surface area contributed by atoms with Gasteiger partial charge in [-0.2, -0.15) is 0 Å². The number of aromatic nitrogens is 1. The molecule has 36 heavy (non-hydrogen) atoms. The van der Waals surface area contributed by atoms with Crippen LogP contribution in [0.15, 0.2) is 146 Å². The molecule has 0 aliphatic carbocycles. The number of hydrogen-bond donors (Lipinski definition) is 0. The molecule has 172 valence electrons. The highest BCUT2D eigenvalue weighted by Gasteiger charge is 2.27. The molecule has 0 aliphatic rings. The number of benzene rings is 5. The number of rotatable bonds is 5. The summed E-state index contributed by atoms with van der Waals surface area (Å²) >= 11 is 0. The molecule has 0 N–H and O–H groups in total. The van der Waals surface area contributed by atoms with Crippen LogP contribution in [-0.2, 0) is 0 Å². The van der Waals surface area contributed by atoms with Crippen molar-refractivity contribution >= 4 is 0 Å². The molecule has 1 aromatic heterocycles. The van der Waals surface area contributed by atoms with E-state index in [9.17, 15) is 0 Å². The zero-order valence-electron chi connectivity index (χ0n) is 20.3. The Morgan fingerprint density at radius 3 is 1.06 bits per heavy atom. The molecule has 6 rings (SSSR count). The largest absolute Gasteiger partial charge is 0.308 e. The van der Waals surface area contributed by atoms with E-state index < -0.39 is 0 Å². The van der Waals surface area contributed by atoms with Crippen molar-refractivity contribution in [3.63, 3.8) is 0 Å². The van der Waals surface area contributed by atoms with E-state index in [0.29, 0.717) is 0 Å². The fraction of sp³-hybridized carbons (Fsp3) is 0.0286. The lowest BCUT2D eigenvalue weighted by atomic mass is 9.91. The first-order valence-electron chi connectivity index (χ1n) is 12.4. The molecule has 0 bridgehead atoms. The lowest BCUT2D eigenvalue weighted by molar-refractivity contribution is 1.09. The van der Waals surface area contributed by atoms with Crippen molar-refractivity contribution in [2.75, 3.05) is 0 Å². The van der Waals surface area contributed by atoms with Crippen molar-refractivity contribution in [3.8, 4) is 50.5 Å². The van der Waals surface area contributed by atoms with Crippen LogP contribution in [0.25, 0.3) is 50.5 Å². The quantitative estimate of drug-likeness (QED) is 0.241. The molecule has 5 aromatic carbocycles. The molecule has 1 heteroatoms. The molecule has 0 aliphatic heterocycles. The first-order chi connectivity index (χ1) is 17.8. The van der Waals surface area contributed by atoms with Gasteiger partial charge in [0.1, 0.15) is 0 Å². The zero-order chi connectivity index (χ0) is 24.3. The Bertz CT molecular complexity index is 1480. The van der Waals surface area contributed by atoms with Crippen molar-refractivity contribution in [1.29, 1.82) is 0 Å². The van der Waals surface area contributed by atoms with Gasteiger partial charge in [0.15, 0.2) is 0 Å². The number of aryl methyl sites for hydroxylation is 1. The predicted octanol–water partition coefficient (Wildman–Crippen LogP) is 9.45. The lowest BCUT2D eigenvalue weighted by Crippen LogP contribution is -2.00. The Morgan fingerprint density at radius 2 is 0.694 bits per heavy atom. The molecule has 0 fully saturated rings. The minimum absolute atomic E-state index is 1.15. The van der Waals surface area contributed by atoms with Gasteiger partial charge in [-0.05, 0) is 41.3 Å². The molecule has 6 aromatic rings. The summed E-state index contributed by atoms with van der Waals surface area (Å²) in [5, 5.41) is 0. The average Bonchev–Trinajstić information content (AvgIpc) is 3.31. The summed E-state index contributed by atoms with van der Waals surface area (Å²) in [6.07, 6.45) is 0. The Labute approximate surface area is 213 Å². The second kappa shape index (κ2) is 9.56. The van der Waals surface area contributed by atoms with Crippen molar-refractivity contribution in [1.82, 2.24) is 4.57 Å². The fourth-order valence-corrected chi connectivity index (χ4v) is 5.03. The lowest BCUT2D eigenvalue weighted by Gasteiger charge is -2.16. The molecule has 0 atom stereocenters. The van der Waals surface area contributed by atoms with E-state index in [4.69, 9.17) is 0 Å². The maximum absolute atomic E-state index is 2.45. The van der Waals surface area contributed by atoms with Gasteiger partial charge in [0, 0.05) is 16.8 Å². The van der Waals surface area contributed by atoms with Crippen LogP contribution in [-0.4, -0.2) is 4.57 Å². The Morgan fingerprint density at radius 1 is 0.361 bits per heavy atom. The SMILES string of the molecule is Cc1ccc(-n2c(-c3ccccc3)c(-c3ccccc3)c(-c3ccccc3)c2-c2ccccc2)cc1. The summed E-state index contributed by atoms with van der Waals surface area (Å²) < 4.78 is 2.45. The van der Waals surface area contributed by atoms with E-state index in [1.807, 2.05) is 0 Å². The molecule has 1 heterocycles. The van der Waals surface area contributed by atoms with E-state index in [1.165, 1.54) is 50.3 Å². The van der Waals surface area contributed by atoms with Crippen LogP contribution in [0, 0.1) is 6.92 Å². The van der Waals surface area contributed by atoms with Gasteiger partial charge in [0.25, 0.3) is 0 Å². The average molecular weight is 462 g/mol. The van der Waals surface area contributed by atoms with Gasteiger partial charge < -0.3 is 4.57 Å². The standard InChI is InChI=1S/C35H27N/c1-26-22-24-31(25-23-26)36-34(29-18-10-4-11-19-29)32(27-14-6-2-7-15-27)33(28-16-8-3-9-17-28)35(36)30-20-12-5-13-21-30/h2-25H,1H3. The van der Waals surface area contributed by atoms with E-state index in [-0.39, 0.29) is 0 Å². The van der Waals surface area contributed by atoms with Crippen molar-refractivity contribution in [2.24, 2.45) is 0 Å². The minimum Gasteiger partial charge on any atom is -0.308 e. The maximum atomic E-state index is 2.45. The predicted molar refractivity (Wildman–Crippen MR) is 152 cm³/mol. The van der Waals surface area contributed by atoms with E-state index in [1.54, 1.807) is 0 Å². The summed E-state index contributed by atoms with van der Waals surface area (Å²) in [4.78, 5) is 0. The fourth-order valence-electron chi connectivity index (χ4n) is 5.03. The van der Waals surface area contributed by atoms with Crippen LogP contribution < -0.4 is 0 Å². The van der Waals surface area contributed by atoms with Gasteiger partial charge in [0.05, 0.1) is 11.4 Å². The van der Waals surface area contributed by atoms with Crippen LogP contribution >= 0.6 is 0 Å². The highest BCUT2D eigenvalue weighted by atomic mass is 15.0. The molecule has 0 spiro atoms. The summed E-state index contributed by atoms with van der Waals surface area (Å²) in [6, 6.07) is 52.0. The second-order valence-electron chi connectivity index (χ2n) is 9.08. The molecule has 0 amide bonds. The molecular formula is C35H27N. The van der Waals surface area contributed by atoms with Crippen molar-refractivity contribution in [2.45, 2.75) is 6.92 Å². The van der Waals surface area contributed by atoms with Crippen molar-refractivity contribution < 1.29 is 0 Å². The van der Waals surface area contributed by atoms with Crippen LogP contribution in [0.5, 0.6) is 0 Å². The van der Waals surface area contributed by atoms with E-state index in [0.717, 1.165) is 5.69 Å². The van der Waals surface area contributed by atoms with Gasteiger partial charge in [-0.3, -0.25) is 0 Å². The van der Waals surface area contributed by atoms with Gasteiger partial charge in [0.2, 0.25) is 0 Å². The second-order valence-corrected chi connectivity index (χ2v) is 9.08. The van der Waals surface area contributed by atoms with Gasteiger partial charge in [-0.25, -0.2) is 0 Å². The number of nitrogens with zero attached hydrogens (tertiary/aromatic N) is 1. The van der Waals surface area contributed by atoms with Crippen LogP contribution in [0.3, 0.4) is 0 Å². The normalized spacial score (nSPS) is 10.9. The van der Waals surface area contributed by atoms with Crippen molar-refractivity contribution in [3.05, 3.63) is 151 Å². The molecule has 0 saturated carbocycles. The third-order valence-electron chi connectivity index (χ3n) is 6.68. The van der Waals surface area contributed by atoms with E-state index >= 15 is 0 Å². The maximum Gasteiger partial charge on any atom is 0.0619 e. The van der Waals surface area contributed by atoms with Crippen LogP contribution in [0.2, 0.25) is 0 Å². The zero-order valence-corrected chi connectivity index (χ0v) is 20.3. The molecule has 0 unspecified atom stereocenters. The Hall–Kier alpha value is -4.62. The highest BCUT2D eigenvalue weighted by Crippen LogP contribution is 2.49. The van der Waals surface area contributed by atoms with Gasteiger partial charge >= 0.3 is 0 Å². The smallest absolute Gasteiger partial charge is 0.0619 e. The number of hydrogen-bond acceptors (Lipinski definition) is 0.